The second-order valence-corrected chi connectivity index (χ2v) is 31.1. The zero-order valence-electron chi connectivity index (χ0n) is 68.3. The molecule has 20 aromatic rings. The summed E-state index contributed by atoms with van der Waals surface area (Å²) in [5.41, 5.74) is 5.04. The Hall–Kier alpha value is -17.3. The molecule has 0 aliphatic rings. The number of benzene rings is 20. The van der Waals surface area contributed by atoms with Crippen LogP contribution in [-0.4, -0.2) is 0 Å². The Morgan fingerprint density at radius 2 is 0.527 bits per heavy atom. The number of rotatable bonds is 16. The molecule has 0 radical (unpaired) electrons. The minimum Gasteiger partial charge on any atom is -0.307 e. The molecule has 0 N–H and O–H groups in total. The number of nitrogens with zero attached hydrogens (tertiary/aromatic N) is 8. The van der Waals surface area contributed by atoms with Gasteiger partial charge in [0.25, 0.3) is 0 Å². The average Bonchev–Trinajstić information content (AvgIpc) is 0.720. The highest BCUT2D eigenvalue weighted by atomic mass is 19.4. The highest BCUT2D eigenvalue weighted by Gasteiger charge is 2.33. The fourth-order valence-corrected chi connectivity index (χ4v) is 17.3. The van der Waals surface area contributed by atoms with Crippen molar-refractivity contribution in [2.24, 2.45) is 0 Å². The van der Waals surface area contributed by atoms with Gasteiger partial charge in [0.2, 0.25) is 0 Å². The van der Waals surface area contributed by atoms with Crippen molar-refractivity contribution in [3.8, 4) is 56.6 Å². The number of hydrogen-bond acceptors (Lipinski definition) is 6. The SMILES string of the molecule is [C-]#[N+]c1ccc(N(c2cc(-c3ccc(C)cc3)c(F)cc2F)c2ccc3ccc4c(N(c5ccc(C#N)cc5)c5cc(-c6ccc(C(F)(F)F)cc6)c(F)cc5F)ccc5ccc2c3c54)cc1.[C-]#[N+]c1ccc(N(c2cc(-c3ccccc3F)c(F)cc2F)c2ccc3ccc4c(N(c5ccc(C#N)cc5)c5cc(-c6ccccc6F)c(F)cc5F)ccc5ccc2c3c54)cc1. The molecule has 0 bridgehead atoms. The summed E-state index contributed by atoms with van der Waals surface area (Å²) in [5, 5.41) is 28.0. The number of halogens is 13. The summed E-state index contributed by atoms with van der Waals surface area (Å²) in [7, 11) is 0. The van der Waals surface area contributed by atoms with Gasteiger partial charge in [-0.1, -0.05) is 175 Å². The molecule has 0 aromatic heterocycles. The second-order valence-electron chi connectivity index (χ2n) is 31.1. The van der Waals surface area contributed by atoms with Gasteiger partial charge >= 0.3 is 6.18 Å². The summed E-state index contributed by atoms with van der Waals surface area (Å²) in [6, 6.07) is 90.7. The number of hydrogen-bond donors (Lipinski definition) is 0. The summed E-state index contributed by atoms with van der Waals surface area (Å²) in [4.78, 5) is 13.5. The minimum atomic E-state index is -4.63. The average molecular weight is 1740 g/mol. The fraction of sp³-hybridized carbons (Fsp3) is 0.0182. The van der Waals surface area contributed by atoms with E-state index in [1.54, 1.807) is 159 Å². The van der Waals surface area contributed by atoms with Crippen LogP contribution in [0, 0.1) is 101 Å². The molecule has 0 aliphatic carbocycles. The molecule has 20 rings (SSSR count). The van der Waals surface area contributed by atoms with Gasteiger partial charge in [-0.2, -0.15) is 23.7 Å². The van der Waals surface area contributed by atoms with Crippen molar-refractivity contribution in [1.82, 2.24) is 0 Å². The van der Waals surface area contributed by atoms with E-state index in [2.05, 4.69) is 21.8 Å². The molecule has 21 heteroatoms. The Morgan fingerprint density at radius 1 is 0.260 bits per heavy atom. The van der Waals surface area contributed by atoms with Gasteiger partial charge < -0.3 is 19.6 Å². The van der Waals surface area contributed by atoms with Crippen LogP contribution in [0.4, 0.5) is 137 Å². The van der Waals surface area contributed by atoms with Gasteiger partial charge in [0.1, 0.15) is 58.2 Å². The maximum absolute atomic E-state index is 16.5. The highest BCUT2D eigenvalue weighted by Crippen LogP contribution is 2.54. The van der Waals surface area contributed by atoms with Crippen molar-refractivity contribution in [3.05, 3.63) is 443 Å². The third-order valence-corrected chi connectivity index (χ3v) is 23.5. The maximum Gasteiger partial charge on any atom is 0.416 e. The summed E-state index contributed by atoms with van der Waals surface area (Å²) in [6.45, 7) is 17.0. The van der Waals surface area contributed by atoms with E-state index in [4.69, 9.17) is 13.1 Å². The van der Waals surface area contributed by atoms with E-state index in [1.807, 2.05) is 97.9 Å². The first-order valence-corrected chi connectivity index (χ1v) is 40.7. The molecule has 0 spiro atoms. The van der Waals surface area contributed by atoms with Gasteiger partial charge in [-0.05, 0) is 207 Å². The zero-order valence-corrected chi connectivity index (χ0v) is 68.3. The predicted octanol–water partition coefficient (Wildman–Crippen LogP) is 33.3. The van der Waals surface area contributed by atoms with Crippen LogP contribution in [-0.2, 0) is 6.18 Å². The topological polar surface area (TPSA) is 69.3 Å². The lowest BCUT2D eigenvalue weighted by atomic mass is 9.91. The van der Waals surface area contributed by atoms with Crippen molar-refractivity contribution in [1.29, 1.82) is 10.5 Å². The smallest absolute Gasteiger partial charge is 0.307 e. The van der Waals surface area contributed by atoms with Crippen LogP contribution in [0.5, 0.6) is 0 Å². The number of aryl methyl sites for hydroxylation is 1. The van der Waals surface area contributed by atoms with Crippen molar-refractivity contribution < 1.29 is 57.1 Å². The molecular formula is C110H59F13N8. The largest absolute Gasteiger partial charge is 0.416 e. The molecular weight excluding hydrogens is 1680 g/mol. The highest BCUT2D eigenvalue weighted by molar-refractivity contribution is 6.30. The Labute approximate surface area is 740 Å². The molecule has 20 aromatic carbocycles. The van der Waals surface area contributed by atoms with Crippen molar-refractivity contribution in [3.63, 3.8) is 0 Å². The monoisotopic (exact) mass is 1740 g/mol. The second kappa shape index (κ2) is 33.6. The first kappa shape index (κ1) is 83.3. The van der Waals surface area contributed by atoms with Crippen LogP contribution >= 0.6 is 0 Å². The number of alkyl halides is 3. The summed E-state index contributed by atoms with van der Waals surface area (Å²) < 4.78 is 199. The van der Waals surface area contributed by atoms with Crippen LogP contribution in [0.25, 0.3) is 119 Å². The quantitative estimate of drug-likeness (QED) is 0.0545. The van der Waals surface area contributed by atoms with Gasteiger partial charge in [0.05, 0.1) is 87.5 Å². The van der Waals surface area contributed by atoms with Crippen LogP contribution < -0.4 is 19.6 Å². The molecule has 0 saturated heterocycles. The first-order valence-electron chi connectivity index (χ1n) is 40.7. The lowest BCUT2D eigenvalue weighted by Gasteiger charge is -2.30. The zero-order chi connectivity index (χ0) is 90.9. The van der Waals surface area contributed by atoms with E-state index < -0.39 is 69.9 Å². The third-order valence-electron chi connectivity index (χ3n) is 23.5. The Kier molecular flexibility index (Phi) is 21.3. The van der Waals surface area contributed by atoms with E-state index in [9.17, 15) is 23.7 Å². The normalized spacial score (nSPS) is 11.4. The molecule has 131 heavy (non-hydrogen) atoms. The molecule has 0 atom stereocenters. The van der Waals surface area contributed by atoms with E-state index >= 15 is 43.9 Å². The molecule has 0 amide bonds. The summed E-state index contributed by atoms with van der Waals surface area (Å²) in [5.74, 6) is -8.66. The van der Waals surface area contributed by atoms with Crippen molar-refractivity contribution in [2.75, 3.05) is 19.6 Å². The minimum absolute atomic E-state index is 0.0471. The van der Waals surface area contributed by atoms with E-state index in [-0.39, 0.29) is 61.7 Å². The van der Waals surface area contributed by atoms with E-state index in [1.165, 1.54) is 60.7 Å². The fourth-order valence-electron chi connectivity index (χ4n) is 17.3. The molecule has 8 nitrogen and oxygen atoms in total. The lowest BCUT2D eigenvalue weighted by Crippen LogP contribution is -2.14. The first-order chi connectivity index (χ1) is 63.4. The summed E-state index contributed by atoms with van der Waals surface area (Å²) >= 11 is 0. The summed E-state index contributed by atoms with van der Waals surface area (Å²) in [6.07, 6.45) is -4.63. The van der Waals surface area contributed by atoms with Crippen LogP contribution in [0.3, 0.4) is 0 Å². The Balaban J connectivity index is 0.000000170. The van der Waals surface area contributed by atoms with Crippen LogP contribution in [0.2, 0.25) is 0 Å². The van der Waals surface area contributed by atoms with Gasteiger partial charge in [-0.15, -0.1) is 0 Å². The van der Waals surface area contributed by atoms with Gasteiger partial charge in [0, 0.05) is 102 Å². The van der Waals surface area contributed by atoms with Gasteiger partial charge in [0.15, 0.2) is 11.4 Å². The molecule has 0 unspecified atom stereocenters. The standard InChI is InChI=1S/C56H31F7N4.C54H28F6N4/c1-32-3-7-34(8-4-32)44-27-53(49(60)29-46(44)57)67(41-21-17-39(65-2)18-22-41)51-26-14-37-11-23-42-50(25-13-36-12-24-43(51)55(37)54(36)42)66(40-19-5-33(31-64)6-20-40)52-28-45(47(58)30-48(52)59)35-9-15-38(16-10-35)56(61,62)63;1-62-34-16-20-36(21-17-34)64(52-27-42(46(58)29-48(52)60)38-7-3-5-9-44(38)56)50-25-15-33-12-22-39-49(24-14-32-13-23-40(50)54(33)53(32)39)63(35-18-10-31(30-61)11-19-35)51-26-41(45(57)28-47(51)59)37-6-2-4-8-43(37)55/h3-30H,1H3;2-29H. The van der Waals surface area contributed by atoms with Crippen molar-refractivity contribution >= 4 is 144 Å². The van der Waals surface area contributed by atoms with Gasteiger partial charge in [-0.3, -0.25) is 0 Å². The van der Waals surface area contributed by atoms with Crippen LogP contribution in [0.15, 0.2) is 340 Å². The molecule has 0 heterocycles. The Morgan fingerprint density at radius 3 is 0.809 bits per heavy atom. The molecule has 0 saturated carbocycles. The molecule has 630 valence electrons. The molecule has 0 fully saturated rings. The number of anilines is 12. The number of nitriles is 2. The van der Waals surface area contributed by atoms with Gasteiger partial charge in [-0.25, -0.2) is 53.6 Å². The maximum atomic E-state index is 16.5. The molecule has 0 aliphatic heterocycles. The van der Waals surface area contributed by atoms with Crippen LogP contribution in [0.1, 0.15) is 22.3 Å². The third kappa shape index (κ3) is 15.1. The predicted molar refractivity (Wildman–Crippen MR) is 492 cm³/mol. The van der Waals surface area contributed by atoms with Crippen molar-refractivity contribution in [2.45, 2.75) is 13.1 Å². The Bertz CT molecular complexity index is 7910. The van der Waals surface area contributed by atoms with E-state index in [0.717, 1.165) is 91.1 Å². The lowest BCUT2D eigenvalue weighted by molar-refractivity contribution is -0.137. The van der Waals surface area contributed by atoms with E-state index in [0.29, 0.717) is 101 Å².